The van der Waals surface area contributed by atoms with Crippen LogP contribution in [-0.4, -0.2) is 51.1 Å². The molecule has 2 aromatic heterocycles. The van der Waals surface area contributed by atoms with E-state index in [1.807, 2.05) is 48.5 Å². The van der Waals surface area contributed by atoms with E-state index in [-0.39, 0.29) is 12.0 Å². The number of rotatable bonds is 9. The number of pyridine rings is 1. The molecule has 8 nitrogen and oxygen atoms in total. The number of aromatic nitrogens is 3. The highest BCUT2D eigenvalue weighted by Crippen LogP contribution is 2.30. The minimum atomic E-state index is -0.0853. The summed E-state index contributed by atoms with van der Waals surface area (Å²) in [4.78, 5) is 23.9. The van der Waals surface area contributed by atoms with Crippen LogP contribution in [0.4, 0.5) is 5.69 Å². The lowest BCUT2D eigenvalue weighted by atomic mass is 9.93. The summed E-state index contributed by atoms with van der Waals surface area (Å²) in [6.07, 6.45) is 3.37. The van der Waals surface area contributed by atoms with Crippen molar-refractivity contribution in [2.45, 2.75) is 57.9 Å². The molecule has 1 amide bonds. The van der Waals surface area contributed by atoms with Gasteiger partial charge in [0.05, 0.1) is 30.2 Å². The quantitative estimate of drug-likeness (QED) is 0.279. The highest BCUT2D eigenvalue weighted by atomic mass is 35.5. The van der Waals surface area contributed by atoms with E-state index < -0.39 is 0 Å². The molecule has 2 aromatic carbocycles. The SMILES string of the molecule is CC(=O)Nc1ccc2c(c1)nc(CN1CCC(c3cccc(OCc4ccc(Cl)cc4)n3)CC1)n2C[C@@H]1CCO1. The summed E-state index contributed by atoms with van der Waals surface area (Å²) in [5, 5.41) is 3.59. The fraction of sp³-hybridized carbons (Fsp3) is 0.387. The Bertz CT molecular complexity index is 1480. The molecule has 0 saturated carbocycles. The number of anilines is 1. The van der Waals surface area contributed by atoms with Gasteiger partial charge in [0.15, 0.2) is 0 Å². The molecule has 4 heterocycles. The third kappa shape index (κ3) is 6.30. The number of benzene rings is 2. The lowest BCUT2D eigenvalue weighted by molar-refractivity contribution is -0.114. The van der Waals surface area contributed by atoms with E-state index >= 15 is 0 Å². The first-order valence-corrected chi connectivity index (χ1v) is 14.3. The first-order valence-electron chi connectivity index (χ1n) is 13.9. The number of nitrogens with zero attached hydrogens (tertiary/aromatic N) is 4. The number of amides is 1. The molecule has 0 aliphatic carbocycles. The first-order chi connectivity index (χ1) is 19.5. The Morgan fingerprint density at radius 2 is 1.88 bits per heavy atom. The van der Waals surface area contributed by atoms with Crippen molar-refractivity contribution in [1.82, 2.24) is 19.4 Å². The zero-order valence-electron chi connectivity index (χ0n) is 22.7. The predicted molar refractivity (Wildman–Crippen MR) is 156 cm³/mol. The number of halogens is 1. The Morgan fingerprint density at radius 3 is 2.60 bits per heavy atom. The third-order valence-electron chi connectivity index (χ3n) is 7.74. The molecule has 40 heavy (non-hydrogen) atoms. The van der Waals surface area contributed by atoms with Crippen LogP contribution in [0.5, 0.6) is 5.88 Å². The largest absolute Gasteiger partial charge is 0.473 e. The van der Waals surface area contributed by atoms with Gasteiger partial charge in [0, 0.05) is 41.9 Å². The van der Waals surface area contributed by atoms with Crippen LogP contribution in [0.25, 0.3) is 11.0 Å². The summed E-state index contributed by atoms with van der Waals surface area (Å²) < 4.78 is 14.0. The number of carbonyl (C=O) groups is 1. The molecule has 2 fully saturated rings. The molecule has 2 saturated heterocycles. The Morgan fingerprint density at radius 1 is 1.07 bits per heavy atom. The summed E-state index contributed by atoms with van der Waals surface area (Å²) in [5.74, 6) is 2.01. The number of fused-ring (bicyclic) bond motifs is 1. The smallest absolute Gasteiger partial charge is 0.221 e. The van der Waals surface area contributed by atoms with E-state index in [1.165, 1.54) is 6.92 Å². The van der Waals surface area contributed by atoms with E-state index in [4.69, 9.17) is 31.0 Å². The summed E-state index contributed by atoms with van der Waals surface area (Å²) in [5.41, 5.74) is 4.90. The van der Waals surface area contributed by atoms with E-state index in [1.54, 1.807) is 0 Å². The van der Waals surface area contributed by atoms with Crippen LogP contribution >= 0.6 is 11.6 Å². The molecule has 0 spiro atoms. The topological polar surface area (TPSA) is 81.5 Å². The number of imidazole rings is 1. The van der Waals surface area contributed by atoms with Crippen LogP contribution in [0.1, 0.15) is 49.2 Å². The van der Waals surface area contributed by atoms with E-state index in [9.17, 15) is 4.79 Å². The van der Waals surface area contributed by atoms with Gasteiger partial charge in [-0.2, -0.15) is 0 Å². The molecule has 2 aliphatic heterocycles. The van der Waals surface area contributed by atoms with Crippen molar-refractivity contribution in [3.8, 4) is 5.88 Å². The monoisotopic (exact) mass is 559 g/mol. The average Bonchev–Trinajstić information content (AvgIpc) is 3.26. The zero-order valence-corrected chi connectivity index (χ0v) is 23.4. The van der Waals surface area contributed by atoms with Crippen LogP contribution in [0, 0.1) is 0 Å². The van der Waals surface area contributed by atoms with Crippen molar-refractivity contribution < 1.29 is 14.3 Å². The van der Waals surface area contributed by atoms with Gasteiger partial charge in [0.2, 0.25) is 11.8 Å². The molecule has 208 valence electrons. The van der Waals surface area contributed by atoms with Crippen LogP contribution in [0.3, 0.4) is 0 Å². The summed E-state index contributed by atoms with van der Waals surface area (Å²) >= 11 is 5.99. The standard InChI is InChI=1S/C31H34ClN5O3/c1-21(38)33-25-9-10-29-28(17-25)34-30(37(29)18-26-13-16-39-26)19-36-14-11-23(12-15-36)27-3-2-4-31(35-27)40-20-22-5-7-24(32)8-6-22/h2-10,17,23,26H,11-16,18-20H2,1H3,(H,33,38)/t26-/m0/s1. The van der Waals surface area contributed by atoms with Gasteiger partial charge in [0.25, 0.3) is 0 Å². The van der Waals surface area contributed by atoms with Crippen LogP contribution in [0.15, 0.2) is 60.7 Å². The molecule has 0 bridgehead atoms. The van der Waals surface area contributed by atoms with Crippen molar-refractivity contribution in [3.05, 3.63) is 82.8 Å². The Kier molecular flexibility index (Phi) is 8.00. The molecule has 0 radical (unpaired) electrons. The van der Waals surface area contributed by atoms with Gasteiger partial charge in [-0.1, -0.05) is 29.8 Å². The van der Waals surface area contributed by atoms with Crippen molar-refractivity contribution >= 4 is 34.2 Å². The van der Waals surface area contributed by atoms with E-state index in [0.29, 0.717) is 18.4 Å². The molecule has 1 atom stereocenters. The van der Waals surface area contributed by atoms with Gasteiger partial charge in [0.1, 0.15) is 12.4 Å². The van der Waals surface area contributed by atoms with Crippen LogP contribution < -0.4 is 10.1 Å². The highest BCUT2D eigenvalue weighted by Gasteiger charge is 2.26. The lowest BCUT2D eigenvalue weighted by Crippen LogP contribution is -2.35. The maximum Gasteiger partial charge on any atom is 0.221 e. The van der Waals surface area contributed by atoms with Crippen LogP contribution in [0.2, 0.25) is 5.02 Å². The number of nitrogens with one attached hydrogen (secondary N) is 1. The second-order valence-corrected chi connectivity index (χ2v) is 11.1. The van der Waals surface area contributed by atoms with Crippen molar-refractivity contribution in [2.75, 3.05) is 25.0 Å². The Labute approximate surface area is 239 Å². The number of hydrogen-bond donors (Lipinski definition) is 1. The second-order valence-electron chi connectivity index (χ2n) is 10.7. The zero-order chi connectivity index (χ0) is 27.5. The molecule has 2 aliphatic rings. The molecule has 4 aromatic rings. The van der Waals surface area contributed by atoms with Gasteiger partial charge in [-0.3, -0.25) is 9.69 Å². The first kappa shape index (κ1) is 26.7. The predicted octanol–water partition coefficient (Wildman–Crippen LogP) is 5.79. The third-order valence-corrected chi connectivity index (χ3v) is 8.00. The summed E-state index contributed by atoms with van der Waals surface area (Å²) in [7, 11) is 0. The second kappa shape index (κ2) is 12.0. The van der Waals surface area contributed by atoms with Gasteiger partial charge < -0.3 is 19.4 Å². The number of likely N-dealkylation sites (tertiary alicyclic amines) is 1. The minimum Gasteiger partial charge on any atom is -0.473 e. The molecule has 0 unspecified atom stereocenters. The number of carbonyl (C=O) groups excluding carboxylic acids is 1. The fourth-order valence-electron chi connectivity index (χ4n) is 5.48. The normalized spacial score (nSPS) is 18.0. The van der Waals surface area contributed by atoms with E-state index in [2.05, 4.69) is 26.9 Å². The molecule has 9 heteroatoms. The van der Waals surface area contributed by atoms with Gasteiger partial charge >= 0.3 is 0 Å². The highest BCUT2D eigenvalue weighted by molar-refractivity contribution is 6.30. The maximum atomic E-state index is 11.5. The number of hydrogen-bond acceptors (Lipinski definition) is 6. The average molecular weight is 560 g/mol. The number of piperidine rings is 1. The Hall–Kier alpha value is -3.46. The Balaban J connectivity index is 1.10. The van der Waals surface area contributed by atoms with Crippen molar-refractivity contribution in [3.63, 3.8) is 0 Å². The fourth-order valence-corrected chi connectivity index (χ4v) is 5.61. The van der Waals surface area contributed by atoms with E-state index in [0.717, 1.165) is 90.9 Å². The lowest BCUT2D eigenvalue weighted by Gasteiger charge is -2.32. The summed E-state index contributed by atoms with van der Waals surface area (Å²) in [6, 6.07) is 19.7. The van der Waals surface area contributed by atoms with Crippen molar-refractivity contribution in [2.24, 2.45) is 0 Å². The van der Waals surface area contributed by atoms with Gasteiger partial charge in [-0.05, 0) is 74.3 Å². The molecule has 1 N–H and O–H groups in total. The summed E-state index contributed by atoms with van der Waals surface area (Å²) in [6.45, 7) is 6.34. The van der Waals surface area contributed by atoms with Crippen molar-refractivity contribution in [1.29, 1.82) is 0 Å². The maximum absolute atomic E-state index is 11.5. The molecular formula is C31H34ClN5O3. The minimum absolute atomic E-state index is 0.0853. The van der Waals surface area contributed by atoms with Gasteiger partial charge in [-0.25, -0.2) is 9.97 Å². The molecular weight excluding hydrogens is 526 g/mol. The van der Waals surface area contributed by atoms with Gasteiger partial charge in [-0.15, -0.1) is 0 Å². The van der Waals surface area contributed by atoms with Crippen LogP contribution in [-0.2, 0) is 29.2 Å². The molecule has 6 rings (SSSR count). The number of ether oxygens (including phenoxy) is 2.